The number of carbonyl (C=O) groups excluding carboxylic acids is 1. The highest BCUT2D eigenvalue weighted by atomic mass is 32.1. The van der Waals surface area contributed by atoms with Crippen LogP contribution in [-0.4, -0.2) is 24.7 Å². The standard InChI is InChI=1S/C13H20N2OS/c1-9-4-5-11(10(2)6-9)7-15-13(16)12(8-17)14-3/h4-6,12,14,17H,7-8H2,1-3H3,(H,15,16)/t12-/m0/s1. The molecule has 1 aromatic carbocycles. The SMILES string of the molecule is CN[C@@H](CS)C(=O)NCc1ccc(C)cc1C. The van der Waals surface area contributed by atoms with Gasteiger partial charge in [0, 0.05) is 12.3 Å². The Hall–Kier alpha value is -1.00. The molecule has 1 amide bonds. The van der Waals surface area contributed by atoms with Gasteiger partial charge in [-0.1, -0.05) is 23.8 Å². The number of carbonyl (C=O) groups is 1. The minimum Gasteiger partial charge on any atom is -0.351 e. The second-order valence-electron chi connectivity index (χ2n) is 4.17. The summed E-state index contributed by atoms with van der Waals surface area (Å²) in [4.78, 5) is 11.7. The Balaban J connectivity index is 2.58. The van der Waals surface area contributed by atoms with E-state index >= 15 is 0 Å². The normalized spacial score (nSPS) is 12.2. The summed E-state index contributed by atoms with van der Waals surface area (Å²) in [5, 5.41) is 5.83. The van der Waals surface area contributed by atoms with Crippen LogP contribution < -0.4 is 10.6 Å². The van der Waals surface area contributed by atoms with Crippen molar-refractivity contribution in [3.05, 3.63) is 34.9 Å². The van der Waals surface area contributed by atoms with Crippen molar-refractivity contribution in [2.75, 3.05) is 12.8 Å². The summed E-state index contributed by atoms with van der Waals surface area (Å²) in [5.74, 6) is 0.484. The van der Waals surface area contributed by atoms with Gasteiger partial charge in [-0.15, -0.1) is 0 Å². The van der Waals surface area contributed by atoms with Crippen molar-refractivity contribution in [2.24, 2.45) is 0 Å². The molecule has 0 aliphatic rings. The monoisotopic (exact) mass is 252 g/mol. The van der Waals surface area contributed by atoms with Crippen molar-refractivity contribution >= 4 is 18.5 Å². The quantitative estimate of drug-likeness (QED) is 0.694. The summed E-state index contributed by atoms with van der Waals surface area (Å²) in [6, 6.07) is 6.00. The van der Waals surface area contributed by atoms with Gasteiger partial charge in [-0.3, -0.25) is 4.79 Å². The third-order valence-electron chi connectivity index (χ3n) is 2.80. The van der Waals surface area contributed by atoms with Crippen molar-refractivity contribution in [3.8, 4) is 0 Å². The van der Waals surface area contributed by atoms with Crippen LogP contribution in [0.5, 0.6) is 0 Å². The number of aryl methyl sites for hydroxylation is 2. The van der Waals surface area contributed by atoms with E-state index in [0.717, 1.165) is 5.56 Å². The summed E-state index contributed by atoms with van der Waals surface area (Å²) in [5.41, 5.74) is 3.59. The largest absolute Gasteiger partial charge is 0.351 e. The Labute approximate surface area is 108 Å². The summed E-state index contributed by atoms with van der Waals surface area (Å²) in [6.07, 6.45) is 0. The molecule has 4 heteroatoms. The summed E-state index contributed by atoms with van der Waals surface area (Å²) in [7, 11) is 1.76. The molecule has 0 fully saturated rings. The smallest absolute Gasteiger partial charge is 0.238 e. The molecule has 94 valence electrons. The molecule has 0 radical (unpaired) electrons. The van der Waals surface area contributed by atoms with Crippen molar-refractivity contribution in [3.63, 3.8) is 0 Å². The zero-order valence-electron chi connectivity index (χ0n) is 10.6. The molecule has 1 aromatic rings. The number of hydrogen-bond donors (Lipinski definition) is 3. The molecule has 2 N–H and O–H groups in total. The molecular formula is C13H20N2OS. The maximum absolute atomic E-state index is 11.7. The molecule has 0 saturated heterocycles. The van der Waals surface area contributed by atoms with Crippen LogP contribution >= 0.6 is 12.6 Å². The first-order valence-electron chi connectivity index (χ1n) is 5.70. The van der Waals surface area contributed by atoms with E-state index in [0.29, 0.717) is 12.3 Å². The van der Waals surface area contributed by atoms with Gasteiger partial charge in [0.1, 0.15) is 0 Å². The first kappa shape index (κ1) is 14.1. The van der Waals surface area contributed by atoms with Crippen molar-refractivity contribution in [2.45, 2.75) is 26.4 Å². The highest BCUT2D eigenvalue weighted by Gasteiger charge is 2.13. The minimum absolute atomic E-state index is 0.0116. The van der Waals surface area contributed by atoms with Gasteiger partial charge in [0.05, 0.1) is 6.04 Å². The first-order valence-corrected chi connectivity index (χ1v) is 6.33. The highest BCUT2D eigenvalue weighted by Crippen LogP contribution is 2.10. The molecule has 0 saturated carbocycles. The van der Waals surface area contributed by atoms with Crippen LogP contribution in [0.2, 0.25) is 0 Å². The van der Waals surface area contributed by atoms with Crippen molar-refractivity contribution in [1.82, 2.24) is 10.6 Å². The van der Waals surface area contributed by atoms with E-state index in [-0.39, 0.29) is 11.9 Å². The lowest BCUT2D eigenvalue weighted by molar-refractivity contribution is -0.122. The molecular weight excluding hydrogens is 232 g/mol. The molecule has 17 heavy (non-hydrogen) atoms. The first-order chi connectivity index (χ1) is 8.08. The number of amides is 1. The fourth-order valence-corrected chi connectivity index (χ4v) is 2.00. The highest BCUT2D eigenvalue weighted by molar-refractivity contribution is 7.80. The van der Waals surface area contributed by atoms with Crippen molar-refractivity contribution in [1.29, 1.82) is 0 Å². The van der Waals surface area contributed by atoms with Gasteiger partial charge in [-0.2, -0.15) is 12.6 Å². The predicted octanol–water partition coefficient (Wildman–Crippen LogP) is 1.44. The van der Waals surface area contributed by atoms with Crippen LogP contribution in [0.25, 0.3) is 0 Å². The Morgan fingerprint density at radius 1 is 1.41 bits per heavy atom. The number of likely N-dealkylation sites (N-methyl/N-ethyl adjacent to an activating group) is 1. The van der Waals surface area contributed by atoms with E-state index in [1.54, 1.807) is 7.05 Å². The van der Waals surface area contributed by atoms with E-state index < -0.39 is 0 Å². The molecule has 0 aromatic heterocycles. The summed E-state index contributed by atoms with van der Waals surface area (Å²) >= 11 is 4.13. The number of hydrogen-bond acceptors (Lipinski definition) is 3. The molecule has 0 aliphatic carbocycles. The maximum atomic E-state index is 11.7. The number of nitrogens with one attached hydrogen (secondary N) is 2. The number of rotatable bonds is 5. The van der Waals surface area contributed by atoms with Gasteiger partial charge >= 0.3 is 0 Å². The van der Waals surface area contributed by atoms with Gasteiger partial charge in [0.15, 0.2) is 0 Å². The fourth-order valence-electron chi connectivity index (χ4n) is 1.65. The lowest BCUT2D eigenvalue weighted by Crippen LogP contribution is -2.43. The Bertz CT molecular complexity index is 389. The lowest BCUT2D eigenvalue weighted by Gasteiger charge is -2.14. The maximum Gasteiger partial charge on any atom is 0.238 e. The Kier molecular flexibility index (Phi) is 5.51. The average Bonchev–Trinajstić information content (AvgIpc) is 2.29. The fraction of sp³-hybridized carbons (Fsp3) is 0.462. The molecule has 0 heterocycles. The molecule has 3 nitrogen and oxygen atoms in total. The van der Waals surface area contributed by atoms with Gasteiger partial charge in [-0.25, -0.2) is 0 Å². The average molecular weight is 252 g/mol. The Morgan fingerprint density at radius 2 is 2.12 bits per heavy atom. The van der Waals surface area contributed by atoms with Crippen LogP contribution in [0.15, 0.2) is 18.2 Å². The number of thiol groups is 1. The zero-order chi connectivity index (χ0) is 12.8. The molecule has 1 atom stereocenters. The van der Waals surface area contributed by atoms with E-state index in [1.165, 1.54) is 11.1 Å². The van der Waals surface area contributed by atoms with E-state index in [4.69, 9.17) is 0 Å². The summed E-state index contributed by atoms with van der Waals surface area (Å²) in [6.45, 7) is 4.69. The molecule has 1 rings (SSSR count). The van der Waals surface area contributed by atoms with Gasteiger partial charge in [0.2, 0.25) is 5.91 Å². The van der Waals surface area contributed by atoms with E-state index in [2.05, 4.69) is 55.3 Å². The zero-order valence-corrected chi connectivity index (χ0v) is 11.5. The predicted molar refractivity (Wildman–Crippen MR) is 74.5 cm³/mol. The van der Waals surface area contributed by atoms with Crippen molar-refractivity contribution < 1.29 is 4.79 Å². The topological polar surface area (TPSA) is 41.1 Å². The third-order valence-corrected chi connectivity index (χ3v) is 3.16. The molecule has 0 unspecified atom stereocenters. The van der Waals surface area contributed by atoms with Crippen LogP contribution in [0.3, 0.4) is 0 Å². The van der Waals surface area contributed by atoms with Crippen LogP contribution in [0.4, 0.5) is 0 Å². The van der Waals surface area contributed by atoms with Gasteiger partial charge < -0.3 is 10.6 Å². The molecule has 0 bridgehead atoms. The lowest BCUT2D eigenvalue weighted by atomic mass is 10.1. The number of benzene rings is 1. The Morgan fingerprint density at radius 3 is 2.65 bits per heavy atom. The van der Waals surface area contributed by atoms with Crippen LogP contribution in [0, 0.1) is 13.8 Å². The summed E-state index contributed by atoms with van der Waals surface area (Å²) < 4.78 is 0. The molecule has 0 aliphatic heterocycles. The van der Waals surface area contributed by atoms with Gasteiger partial charge in [0.25, 0.3) is 0 Å². The van der Waals surface area contributed by atoms with E-state index in [1.807, 2.05) is 0 Å². The second-order valence-corrected chi connectivity index (χ2v) is 4.54. The second kappa shape index (κ2) is 6.67. The van der Waals surface area contributed by atoms with Crippen LogP contribution in [-0.2, 0) is 11.3 Å². The van der Waals surface area contributed by atoms with Crippen LogP contribution in [0.1, 0.15) is 16.7 Å². The third kappa shape index (κ3) is 4.06. The van der Waals surface area contributed by atoms with E-state index in [9.17, 15) is 4.79 Å². The van der Waals surface area contributed by atoms with Gasteiger partial charge in [-0.05, 0) is 32.0 Å². The minimum atomic E-state index is -0.232. The molecule has 0 spiro atoms.